The molecule has 24 heavy (non-hydrogen) atoms. The van der Waals surface area contributed by atoms with E-state index in [1.807, 2.05) is 12.1 Å². The first-order chi connectivity index (χ1) is 11.7. The zero-order valence-electron chi connectivity index (χ0n) is 14.4. The molecular formula is C20H26ClN3. The number of nitrogens with one attached hydrogen (secondary N) is 1. The summed E-state index contributed by atoms with van der Waals surface area (Å²) in [4.78, 5) is 0. The number of halogens is 1. The van der Waals surface area contributed by atoms with E-state index >= 15 is 0 Å². The lowest BCUT2D eigenvalue weighted by Gasteiger charge is -2.27. The maximum absolute atomic E-state index is 6.07. The summed E-state index contributed by atoms with van der Waals surface area (Å²) < 4.78 is 2.39. The largest absolute Gasteiger partial charge is 0.316 e. The molecule has 1 saturated carbocycles. The molecule has 0 spiro atoms. The van der Waals surface area contributed by atoms with Crippen LogP contribution in [0, 0.1) is 5.92 Å². The van der Waals surface area contributed by atoms with Gasteiger partial charge in [0.1, 0.15) is 0 Å². The number of rotatable bonds is 2. The van der Waals surface area contributed by atoms with Gasteiger partial charge < -0.3 is 5.32 Å². The molecule has 1 aromatic carbocycles. The lowest BCUT2D eigenvalue weighted by Crippen LogP contribution is -2.21. The van der Waals surface area contributed by atoms with E-state index in [0.717, 1.165) is 36.9 Å². The normalized spacial score (nSPS) is 24.4. The van der Waals surface area contributed by atoms with Crippen molar-refractivity contribution in [1.82, 2.24) is 15.1 Å². The molecule has 4 rings (SSSR count). The van der Waals surface area contributed by atoms with Gasteiger partial charge in [0, 0.05) is 34.8 Å². The van der Waals surface area contributed by atoms with Crippen molar-refractivity contribution in [1.29, 1.82) is 0 Å². The molecule has 4 heteroatoms. The van der Waals surface area contributed by atoms with Gasteiger partial charge in [0.2, 0.25) is 0 Å². The number of fused-ring (bicyclic) bond motifs is 1. The van der Waals surface area contributed by atoms with Crippen LogP contribution in [0.25, 0.3) is 11.3 Å². The van der Waals surface area contributed by atoms with E-state index in [1.165, 1.54) is 48.2 Å². The Morgan fingerprint density at radius 2 is 1.75 bits per heavy atom. The summed E-state index contributed by atoms with van der Waals surface area (Å²) in [7, 11) is 0. The predicted octanol–water partition coefficient (Wildman–Crippen LogP) is 4.64. The summed E-state index contributed by atoms with van der Waals surface area (Å²) in [5.41, 5.74) is 5.27. The van der Waals surface area contributed by atoms with Gasteiger partial charge in [-0.25, -0.2) is 0 Å². The van der Waals surface area contributed by atoms with E-state index in [2.05, 4.69) is 29.1 Å². The Kier molecular flexibility index (Phi) is 4.64. The molecular weight excluding hydrogens is 318 g/mol. The van der Waals surface area contributed by atoms with E-state index in [0.29, 0.717) is 6.04 Å². The van der Waals surface area contributed by atoms with Crippen molar-refractivity contribution < 1.29 is 0 Å². The smallest absolute Gasteiger partial charge is 0.0958 e. The Morgan fingerprint density at radius 1 is 1.04 bits per heavy atom. The first kappa shape index (κ1) is 16.2. The van der Waals surface area contributed by atoms with Crippen molar-refractivity contribution in [2.45, 2.75) is 51.5 Å². The third-order valence-electron chi connectivity index (χ3n) is 5.66. The number of aromatic nitrogens is 2. The van der Waals surface area contributed by atoms with Crippen molar-refractivity contribution in [3.05, 3.63) is 40.5 Å². The van der Waals surface area contributed by atoms with Crippen molar-refractivity contribution in [2.24, 2.45) is 5.92 Å². The van der Waals surface area contributed by atoms with E-state index < -0.39 is 0 Å². The number of hydrogen-bond acceptors (Lipinski definition) is 2. The molecule has 1 aliphatic heterocycles. The summed E-state index contributed by atoms with van der Waals surface area (Å²) in [5.74, 6) is 0.868. The summed E-state index contributed by atoms with van der Waals surface area (Å²) in [6.45, 7) is 4.48. The molecule has 0 atom stereocenters. The van der Waals surface area contributed by atoms with Crippen LogP contribution in [-0.2, 0) is 12.8 Å². The third kappa shape index (κ3) is 3.12. The van der Waals surface area contributed by atoms with Crippen LogP contribution < -0.4 is 5.32 Å². The summed E-state index contributed by atoms with van der Waals surface area (Å²) in [6, 6.07) is 8.74. The second-order valence-electron chi connectivity index (χ2n) is 7.39. The van der Waals surface area contributed by atoms with E-state index in [9.17, 15) is 0 Å². The second-order valence-corrected chi connectivity index (χ2v) is 7.83. The molecule has 2 aromatic rings. The highest BCUT2D eigenvalue weighted by atomic mass is 35.5. The molecule has 0 amide bonds. The highest BCUT2D eigenvalue weighted by Crippen LogP contribution is 2.36. The molecule has 0 radical (unpaired) electrons. The molecule has 0 bridgehead atoms. The predicted molar refractivity (Wildman–Crippen MR) is 99.6 cm³/mol. The Bertz CT molecular complexity index is 696. The molecule has 3 nitrogen and oxygen atoms in total. The minimum absolute atomic E-state index is 0.578. The van der Waals surface area contributed by atoms with Gasteiger partial charge in [0.25, 0.3) is 0 Å². The quantitative estimate of drug-likeness (QED) is 0.860. The summed E-state index contributed by atoms with van der Waals surface area (Å²) in [5, 5.41) is 9.46. The fourth-order valence-electron chi connectivity index (χ4n) is 4.21. The van der Waals surface area contributed by atoms with Crippen LogP contribution in [0.5, 0.6) is 0 Å². The minimum atomic E-state index is 0.578. The molecule has 1 fully saturated rings. The maximum atomic E-state index is 6.07. The Balaban J connectivity index is 1.75. The van der Waals surface area contributed by atoms with Gasteiger partial charge >= 0.3 is 0 Å². The van der Waals surface area contributed by atoms with Gasteiger partial charge in [-0.3, -0.25) is 4.68 Å². The number of benzene rings is 1. The Hall–Kier alpha value is -1.32. The van der Waals surface area contributed by atoms with Crippen molar-refractivity contribution >= 4 is 11.6 Å². The average molecular weight is 344 g/mol. The number of nitrogens with zero attached hydrogens (tertiary/aromatic N) is 2. The third-order valence-corrected chi connectivity index (χ3v) is 5.91. The van der Waals surface area contributed by atoms with Gasteiger partial charge in [-0.15, -0.1) is 0 Å². The van der Waals surface area contributed by atoms with E-state index in [1.54, 1.807) is 0 Å². The van der Waals surface area contributed by atoms with E-state index in [-0.39, 0.29) is 0 Å². The fraction of sp³-hybridized carbons (Fsp3) is 0.550. The topological polar surface area (TPSA) is 29.9 Å². The van der Waals surface area contributed by atoms with Crippen LogP contribution in [0.4, 0.5) is 0 Å². The minimum Gasteiger partial charge on any atom is -0.316 e. The van der Waals surface area contributed by atoms with Gasteiger partial charge in [-0.05, 0) is 56.7 Å². The Labute approximate surface area is 149 Å². The zero-order valence-corrected chi connectivity index (χ0v) is 15.1. The lowest BCUT2D eigenvalue weighted by atomic mass is 9.87. The highest BCUT2D eigenvalue weighted by Gasteiger charge is 2.27. The van der Waals surface area contributed by atoms with Gasteiger partial charge in [-0.1, -0.05) is 30.7 Å². The van der Waals surface area contributed by atoms with Crippen LogP contribution in [0.2, 0.25) is 5.02 Å². The van der Waals surface area contributed by atoms with E-state index in [4.69, 9.17) is 16.7 Å². The molecule has 1 aromatic heterocycles. The van der Waals surface area contributed by atoms with Crippen molar-refractivity contribution in [3.8, 4) is 11.3 Å². The van der Waals surface area contributed by atoms with Crippen LogP contribution in [0.15, 0.2) is 24.3 Å². The summed E-state index contributed by atoms with van der Waals surface area (Å²) in [6.07, 6.45) is 7.34. The number of hydrogen-bond donors (Lipinski definition) is 1. The first-order valence-corrected chi connectivity index (χ1v) is 9.67. The van der Waals surface area contributed by atoms with Crippen LogP contribution >= 0.6 is 11.6 Å². The van der Waals surface area contributed by atoms with Gasteiger partial charge in [0.15, 0.2) is 0 Å². The molecule has 128 valence electrons. The van der Waals surface area contributed by atoms with Crippen molar-refractivity contribution in [3.63, 3.8) is 0 Å². The lowest BCUT2D eigenvalue weighted by molar-refractivity contribution is 0.269. The molecule has 1 aliphatic carbocycles. The average Bonchev–Trinajstić information content (AvgIpc) is 2.78. The molecule has 1 N–H and O–H groups in total. The molecule has 2 heterocycles. The molecule has 0 unspecified atom stereocenters. The van der Waals surface area contributed by atoms with Crippen LogP contribution in [0.1, 0.15) is 49.9 Å². The van der Waals surface area contributed by atoms with Crippen LogP contribution in [0.3, 0.4) is 0 Å². The summed E-state index contributed by atoms with van der Waals surface area (Å²) >= 11 is 6.07. The molecule has 0 saturated heterocycles. The monoisotopic (exact) mass is 343 g/mol. The zero-order chi connectivity index (χ0) is 16.5. The first-order valence-electron chi connectivity index (χ1n) is 9.29. The molecule has 2 aliphatic rings. The maximum Gasteiger partial charge on any atom is 0.0958 e. The Morgan fingerprint density at radius 3 is 2.50 bits per heavy atom. The second kappa shape index (κ2) is 6.89. The SMILES string of the molecule is CC1CCC(n2nc(-c3ccc(Cl)cc3)c3c2CCNCC3)CC1. The van der Waals surface area contributed by atoms with Gasteiger partial charge in [0.05, 0.1) is 11.7 Å². The fourth-order valence-corrected chi connectivity index (χ4v) is 4.33. The highest BCUT2D eigenvalue weighted by molar-refractivity contribution is 6.30. The standard InChI is InChI=1S/C20H26ClN3/c1-14-2-8-17(9-3-14)24-19-11-13-22-12-10-18(19)20(23-24)15-4-6-16(21)7-5-15/h4-7,14,17,22H,2-3,8-13H2,1H3. The van der Waals surface area contributed by atoms with Gasteiger partial charge in [-0.2, -0.15) is 5.10 Å². The van der Waals surface area contributed by atoms with Crippen molar-refractivity contribution in [2.75, 3.05) is 13.1 Å². The van der Waals surface area contributed by atoms with Crippen LogP contribution in [-0.4, -0.2) is 22.9 Å².